The molecule has 1 amide bonds. The van der Waals surface area contributed by atoms with Gasteiger partial charge in [0.1, 0.15) is 0 Å². The number of nitrogens with one attached hydrogen (secondary N) is 1. The molecule has 6 nitrogen and oxygen atoms in total. The summed E-state index contributed by atoms with van der Waals surface area (Å²) in [7, 11) is 0. The van der Waals surface area contributed by atoms with Gasteiger partial charge in [-0.25, -0.2) is 4.98 Å². The number of benzene rings is 1. The lowest BCUT2D eigenvalue weighted by Gasteiger charge is -2.27. The molecule has 3 heterocycles. The lowest BCUT2D eigenvalue weighted by atomic mass is 9.94. The van der Waals surface area contributed by atoms with Crippen molar-refractivity contribution < 1.29 is 9.90 Å². The summed E-state index contributed by atoms with van der Waals surface area (Å²) in [6.07, 6.45) is 12.2. The van der Waals surface area contributed by atoms with Gasteiger partial charge < -0.3 is 19.6 Å². The molecule has 4 rings (SSSR count). The van der Waals surface area contributed by atoms with Crippen LogP contribution in [0.3, 0.4) is 0 Å². The molecule has 0 fully saturated rings. The second kappa shape index (κ2) is 8.78. The van der Waals surface area contributed by atoms with E-state index >= 15 is 0 Å². The predicted octanol–water partition coefficient (Wildman–Crippen LogP) is 5.04. The molecule has 3 aromatic rings. The van der Waals surface area contributed by atoms with E-state index in [0.29, 0.717) is 6.54 Å². The second-order valence-corrected chi connectivity index (χ2v) is 8.18. The van der Waals surface area contributed by atoms with Crippen molar-refractivity contribution in [1.82, 2.24) is 19.4 Å². The number of aliphatic hydroxyl groups is 1. The maximum atomic E-state index is 13.0. The zero-order valence-electron chi connectivity index (χ0n) is 17.8. The van der Waals surface area contributed by atoms with Crippen LogP contribution in [0.25, 0.3) is 10.9 Å². The molecule has 2 N–H and O–H groups in total. The Hall–Kier alpha value is -3.02. The number of fused-ring (bicyclic) bond motifs is 1. The monoisotopic (exact) mass is 406 g/mol. The van der Waals surface area contributed by atoms with Gasteiger partial charge in [0.25, 0.3) is 5.91 Å². The van der Waals surface area contributed by atoms with Gasteiger partial charge in [-0.1, -0.05) is 31.9 Å². The average molecular weight is 407 g/mol. The number of hydrogen-bond acceptors (Lipinski definition) is 3. The summed E-state index contributed by atoms with van der Waals surface area (Å²) in [4.78, 5) is 22.3. The second-order valence-electron chi connectivity index (χ2n) is 8.18. The van der Waals surface area contributed by atoms with Crippen LogP contribution in [0, 0.1) is 6.92 Å². The molecule has 1 aliphatic heterocycles. The van der Waals surface area contributed by atoms with E-state index in [1.807, 2.05) is 21.9 Å². The van der Waals surface area contributed by atoms with Crippen molar-refractivity contribution in [1.29, 1.82) is 0 Å². The Morgan fingerprint density at radius 1 is 1.20 bits per heavy atom. The van der Waals surface area contributed by atoms with Crippen LogP contribution in [0.2, 0.25) is 0 Å². The van der Waals surface area contributed by atoms with Crippen LogP contribution in [0.15, 0.2) is 54.4 Å². The van der Waals surface area contributed by atoms with Gasteiger partial charge in [0.05, 0.1) is 12.4 Å². The van der Waals surface area contributed by atoms with Gasteiger partial charge in [0.2, 0.25) is 0 Å². The minimum absolute atomic E-state index is 0.0554. The number of aryl methyl sites for hydroxylation is 2. The fraction of sp³-hybridized carbons (Fsp3) is 0.417. The number of aromatic amines is 1. The van der Waals surface area contributed by atoms with Crippen LogP contribution in [0.1, 0.15) is 56.2 Å². The van der Waals surface area contributed by atoms with Crippen molar-refractivity contribution in [3.63, 3.8) is 0 Å². The van der Waals surface area contributed by atoms with Gasteiger partial charge in [0, 0.05) is 53.7 Å². The molecule has 2 aromatic heterocycles. The van der Waals surface area contributed by atoms with Crippen molar-refractivity contribution in [2.24, 2.45) is 0 Å². The summed E-state index contributed by atoms with van der Waals surface area (Å²) in [5, 5.41) is 11.9. The number of carbonyl (C=O) groups excluding carboxylic acids is 1. The van der Waals surface area contributed by atoms with Crippen LogP contribution in [0.5, 0.6) is 0 Å². The summed E-state index contributed by atoms with van der Waals surface area (Å²) < 4.78 is 2.01. The van der Waals surface area contributed by atoms with Crippen LogP contribution in [-0.2, 0) is 11.3 Å². The van der Waals surface area contributed by atoms with E-state index in [1.165, 1.54) is 5.56 Å². The third-order valence-corrected chi connectivity index (χ3v) is 6.00. The minimum atomic E-state index is -0.251. The van der Waals surface area contributed by atoms with E-state index in [0.717, 1.165) is 60.7 Å². The SMILES string of the molecule is CCCCCC1=C(O)C(=O)N(CCCn2ccnc2)C1c1c[nH]c2cc(C)ccc12. The third kappa shape index (κ3) is 3.86. The summed E-state index contributed by atoms with van der Waals surface area (Å²) in [5.74, 6) is -0.307. The van der Waals surface area contributed by atoms with Crippen LogP contribution in [0.4, 0.5) is 0 Å². The van der Waals surface area contributed by atoms with E-state index in [9.17, 15) is 9.90 Å². The zero-order valence-corrected chi connectivity index (χ0v) is 17.8. The number of carbonyl (C=O) groups is 1. The van der Waals surface area contributed by atoms with E-state index in [-0.39, 0.29) is 17.7 Å². The lowest BCUT2D eigenvalue weighted by Crippen LogP contribution is -2.32. The maximum Gasteiger partial charge on any atom is 0.289 e. The average Bonchev–Trinajstić information content (AvgIpc) is 3.44. The van der Waals surface area contributed by atoms with Crippen LogP contribution >= 0.6 is 0 Å². The predicted molar refractivity (Wildman–Crippen MR) is 118 cm³/mol. The smallest absolute Gasteiger partial charge is 0.289 e. The summed E-state index contributed by atoms with van der Waals surface area (Å²) in [5.41, 5.74) is 4.18. The normalized spacial score (nSPS) is 16.9. The highest BCUT2D eigenvalue weighted by Crippen LogP contribution is 2.42. The first-order valence-corrected chi connectivity index (χ1v) is 10.9. The minimum Gasteiger partial charge on any atom is -0.503 e. The first-order valence-electron chi connectivity index (χ1n) is 10.9. The Balaban J connectivity index is 1.64. The maximum absolute atomic E-state index is 13.0. The van der Waals surface area contributed by atoms with Crippen molar-refractivity contribution in [3.8, 4) is 0 Å². The lowest BCUT2D eigenvalue weighted by molar-refractivity contribution is -0.129. The van der Waals surface area contributed by atoms with Crippen molar-refractivity contribution in [3.05, 3.63) is 65.6 Å². The Bertz CT molecular complexity index is 1050. The van der Waals surface area contributed by atoms with E-state index in [2.05, 4.69) is 42.0 Å². The van der Waals surface area contributed by atoms with Gasteiger partial charge in [-0.2, -0.15) is 0 Å². The highest BCUT2D eigenvalue weighted by Gasteiger charge is 2.40. The Labute approximate surface area is 177 Å². The quantitative estimate of drug-likeness (QED) is 0.489. The number of unbranched alkanes of at least 4 members (excludes halogenated alkanes) is 2. The molecule has 0 spiro atoms. The van der Waals surface area contributed by atoms with Gasteiger partial charge in [-0.3, -0.25) is 4.79 Å². The fourth-order valence-electron chi connectivity index (χ4n) is 4.45. The standard InChI is InChI=1S/C24H30N4O2/c1-3-4-5-7-19-22(20-15-26-21-14-17(2)8-9-18(20)21)28(24(30)23(19)29)12-6-11-27-13-10-25-16-27/h8-10,13-16,22,26,29H,3-7,11-12H2,1-2H3. The molecule has 0 bridgehead atoms. The molecule has 1 unspecified atom stereocenters. The molecule has 6 heteroatoms. The number of nitrogens with zero attached hydrogens (tertiary/aromatic N) is 3. The Morgan fingerprint density at radius 2 is 2.07 bits per heavy atom. The molecule has 0 saturated heterocycles. The highest BCUT2D eigenvalue weighted by molar-refractivity contribution is 5.97. The van der Waals surface area contributed by atoms with E-state index in [4.69, 9.17) is 0 Å². The molecule has 1 aliphatic rings. The molecule has 0 aliphatic carbocycles. The number of rotatable bonds is 9. The van der Waals surface area contributed by atoms with Gasteiger partial charge >= 0.3 is 0 Å². The van der Waals surface area contributed by atoms with E-state index in [1.54, 1.807) is 12.5 Å². The van der Waals surface area contributed by atoms with Gasteiger partial charge in [0.15, 0.2) is 5.76 Å². The van der Waals surface area contributed by atoms with Crippen molar-refractivity contribution in [2.75, 3.05) is 6.54 Å². The first-order chi connectivity index (χ1) is 14.6. The van der Waals surface area contributed by atoms with Gasteiger partial charge in [-0.15, -0.1) is 0 Å². The molecular formula is C24H30N4O2. The van der Waals surface area contributed by atoms with Gasteiger partial charge in [-0.05, 0) is 37.8 Å². The van der Waals surface area contributed by atoms with Crippen molar-refractivity contribution >= 4 is 16.8 Å². The van der Waals surface area contributed by atoms with Crippen LogP contribution in [-0.4, -0.2) is 37.0 Å². The number of hydrogen-bond donors (Lipinski definition) is 2. The first kappa shape index (κ1) is 20.3. The number of H-pyrrole nitrogens is 1. The molecule has 30 heavy (non-hydrogen) atoms. The molecule has 0 radical (unpaired) electrons. The topological polar surface area (TPSA) is 74.2 Å². The molecule has 1 aromatic carbocycles. The number of imidazole rings is 1. The number of aromatic nitrogens is 3. The molecule has 158 valence electrons. The third-order valence-electron chi connectivity index (χ3n) is 6.00. The largest absolute Gasteiger partial charge is 0.503 e. The van der Waals surface area contributed by atoms with E-state index < -0.39 is 0 Å². The summed E-state index contributed by atoms with van der Waals surface area (Å²) in [6, 6.07) is 6.12. The molecular weight excluding hydrogens is 376 g/mol. The summed E-state index contributed by atoms with van der Waals surface area (Å²) in [6.45, 7) is 5.61. The Kier molecular flexibility index (Phi) is 5.93. The number of amides is 1. The van der Waals surface area contributed by atoms with Crippen molar-refractivity contribution in [2.45, 2.75) is 58.5 Å². The highest BCUT2D eigenvalue weighted by atomic mass is 16.3. The van der Waals surface area contributed by atoms with Crippen LogP contribution < -0.4 is 0 Å². The number of aliphatic hydroxyl groups excluding tert-OH is 1. The fourth-order valence-corrected chi connectivity index (χ4v) is 4.45. The summed E-state index contributed by atoms with van der Waals surface area (Å²) >= 11 is 0. The zero-order chi connectivity index (χ0) is 21.1. The molecule has 1 atom stereocenters. The molecule has 0 saturated carbocycles. The Morgan fingerprint density at radius 3 is 2.83 bits per heavy atom.